The van der Waals surface area contributed by atoms with E-state index in [0.29, 0.717) is 17.1 Å². The highest BCUT2D eigenvalue weighted by atomic mass is 19.4. The fourth-order valence-electron chi connectivity index (χ4n) is 3.45. The molecule has 220 valence electrons. The number of halogens is 6. The van der Waals surface area contributed by atoms with Crippen molar-refractivity contribution in [1.82, 2.24) is 9.97 Å². The highest BCUT2D eigenvalue weighted by Gasteiger charge is 2.35. The number of hydrogen-bond acceptors (Lipinski definition) is 8. The Kier molecular flexibility index (Phi) is 10.2. The minimum Gasteiger partial charge on any atom is -0.497 e. The molecule has 2 heterocycles. The van der Waals surface area contributed by atoms with Crippen LogP contribution in [0.25, 0.3) is 0 Å². The Morgan fingerprint density at radius 2 is 1.21 bits per heavy atom. The number of hydrogen-bond donors (Lipinski definition) is 3. The number of nitrogens with zero attached hydrogens (tertiary/aromatic N) is 3. The molecule has 4 rings (SSSR count). The van der Waals surface area contributed by atoms with Crippen molar-refractivity contribution in [2.45, 2.75) is 18.9 Å². The van der Waals surface area contributed by atoms with Gasteiger partial charge in [0.1, 0.15) is 23.3 Å². The number of ether oxygens (including phenoxy) is 2. The molecule has 8 nitrogen and oxygen atoms in total. The molecule has 0 saturated carbocycles. The van der Waals surface area contributed by atoms with Crippen molar-refractivity contribution in [2.75, 3.05) is 24.9 Å². The largest absolute Gasteiger partial charge is 0.497 e. The van der Waals surface area contributed by atoms with E-state index in [9.17, 15) is 26.3 Å². The van der Waals surface area contributed by atoms with Crippen molar-refractivity contribution in [3.8, 4) is 17.6 Å². The third kappa shape index (κ3) is 8.48. The lowest BCUT2D eigenvalue weighted by atomic mass is 10.1. The summed E-state index contributed by atoms with van der Waals surface area (Å²) in [5, 5.41) is 14.0. The molecule has 0 aliphatic heterocycles. The molecule has 0 amide bonds. The van der Waals surface area contributed by atoms with Crippen molar-refractivity contribution in [1.29, 1.82) is 5.26 Å². The molecule has 0 saturated heterocycles. The fourth-order valence-corrected chi connectivity index (χ4v) is 3.45. The summed E-state index contributed by atoms with van der Waals surface area (Å²) >= 11 is 0. The second-order valence-corrected chi connectivity index (χ2v) is 8.35. The van der Waals surface area contributed by atoms with Crippen molar-refractivity contribution < 1.29 is 35.8 Å². The number of nitriles is 1. The van der Waals surface area contributed by atoms with Crippen molar-refractivity contribution >= 4 is 22.7 Å². The molecule has 42 heavy (non-hydrogen) atoms. The molecule has 0 aliphatic rings. The minimum absolute atomic E-state index is 0.0643. The van der Waals surface area contributed by atoms with E-state index in [1.165, 1.54) is 63.0 Å². The summed E-state index contributed by atoms with van der Waals surface area (Å²) in [7, 11) is 2.62. The maximum atomic E-state index is 13.1. The number of anilines is 4. The van der Waals surface area contributed by atoms with Gasteiger partial charge < -0.3 is 25.8 Å². The van der Waals surface area contributed by atoms with Crippen LogP contribution in [0.15, 0.2) is 73.1 Å². The monoisotopic (exact) mass is 590 g/mol. The summed E-state index contributed by atoms with van der Waals surface area (Å²) in [6, 6.07) is 15.4. The van der Waals surface area contributed by atoms with Crippen LogP contribution in [0, 0.1) is 11.3 Å². The van der Waals surface area contributed by atoms with Gasteiger partial charge in [-0.1, -0.05) is 0 Å². The number of alkyl halides is 6. The predicted octanol–water partition coefficient (Wildman–Crippen LogP) is 7.04. The number of nitrogens with one attached hydrogen (secondary N) is 2. The topological polar surface area (TPSA) is 118 Å². The quantitative estimate of drug-likeness (QED) is 0.196. The van der Waals surface area contributed by atoms with Gasteiger partial charge in [0.05, 0.1) is 66.2 Å². The van der Waals surface area contributed by atoms with E-state index in [0.717, 1.165) is 12.1 Å². The lowest BCUT2D eigenvalue weighted by Gasteiger charge is -2.15. The van der Waals surface area contributed by atoms with E-state index < -0.39 is 23.5 Å². The van der Waals surface area contributed by atoms with Gasteiger partial charge in [0.15, 0.2) is 0 Å². The zero-order valence-corrected chi connectivity index (χ0v) is 22.1. The maximum absolute atomic E-state index is 13.1. The van der Waals surface area contributed by atoms with E-state index in [4.69, 9.17) is 20.5 Å². The third-order valence-electron chi connectivity index (χ3n) is 5.53. The lowest BCUT2D eigenvalue weighted by molar-refractivity contribution is -0.137. The molecule has 2 aromatic heterocycles. The van der Waals surface area contributed by atoms with E-state index in [-0.39, 0.29) is 35.1 Å². The molecule has 4 N–H and O–H groups in total. The molecule has 0 unspecified atom stereocenters. The van der Waals surface area contributed by atoms with Crippen LogP contribution >= 0.6 is 0 Å². The number of methoxy groups -OCH3 is 2. The van der Waals surface area contributed by atoms with Crippen LogP contribution in [0.5, 0.6) is 11.5 Å². The molecule has 4 aromatic rings. The standard InChI is InChI=1S/C14H14F3N3O.C14H10F3N3O/c2*1-21-11-4-5-13(12(6-11)14(15,16)17)20-10-3-2-9(7-18)19-8-10/h2-6,8,20H,7,18H2,1H3;2-6,8,20H,1H3. The van der Waals surface area contributed by atoms with Crippen LogP contribution in [0.2, 0.25) is 0 Å². The van der Waals surface area contributed by atoms with Gasteiger partial charge in [-0.25, -0.2) is 4.98 Å². The van der Waals surface area contributed by atoms with Crippen LogP contribution in [0.4, 0.5) is 49.1 Å². The van der Waals surface area contributed by atoms with Gasteiger partial charge >= 0.3 is 12.4 Å². The van der Waals surface area contributed by atoms with Crippen molar-refractivity contribution in [3.63, 3.8) is 0 Å². The summed E-state index contributed by atoms with van der Waals surface area (Å²) in [5.74, 6) is 0.260. The van der Waals surface area contributed by atoms with Gasteiger partial charge in [0, 0.05) is 6.54 Å². The van der Waals surface area contributed by atoms with Gasteiger partial charge in [-0.3, -0.25) is 4.98 Å². The Morgan fingerprint density at radius 1 is 0.738 bits per heavy atom. The second-order valence-electron chi connectivity index (χ2n) is 8.35. The molecule has 0 bridgehead atoms. The third-order valence-corrected chi connectivity index (χ3v) is 5.53. The van der Waals surface area contributed by atoms with E-state index in [1.807, 2.05) is 6.07 Å². The van der Waals surface area contributed by atoms with Gasteiger partial charge in [-0.2, -0.15) is 31.6 Å². The number of pyridine rings is 2. The maximum Gasteiger partial charge on any atom is 0.418 e. The van der Waals surface area contributed by atoms with Gasteiger partial charge in [-0.15, -0.1) is 0 Å². The van der Waals surface area contributed by atoms with Crippen molar-refractivity contribution in [2.24, 2.45) is 5.73 Å². The number of nitrogens with two attached hydrogens (primary N) is 1. The van der Waals surface area contributed by atoms with Gasteiger partial charge in [0.25, 0.3) is 0 Å². The van der Waals surface area contributed by atoms with Crippen LogP contribution in [0.3, 0.4) is 0 Å². The Morgan fingerprint density at radius 3 is 1.55 bits per heavy atom. The van der Waals surface area contributed by atoms with E-state index >= 15 is 0 Å². The van der Waals surface area contributed by atoms with Crippen LogP contribution in [0.1, 0.15) is 22.5 Å². The molecule has 0 spiro atoms. The first-order chi connectivity index (χ1) is 19.9. The number of rotatable bonds is 7. The van der Waals surface area contributed by atoms with Gasteiger partial charge in [-0.05, 0) is 60.7 Å². The first kappa shape index (κ1) is 31.5. The Hall–Kier alpha value is -5.03. The molecular formula is C28H24F6N6O2. The first-order valence-corrected chi connectivity index (χ1v) is 11.9. The van der Waals surface area contributed by atoms with E-state index in [1.54, 1.807) is 12.1 Å². The van der Waals surface area contributed by atoms with Crippen LogP contribution < -0.4 is 25.8 Å². The lowest BCUT2D eigenvalue weighted by Crippen LogP contribution is -2.09. The molecule has 14 heteroatoms. The zero-order valence-electron chi connectivity index (χ0n) is 22.1. The average Bonchev–Trinajstić information content (AvgIpc) is 2.97. The fraction of sp³-hybridized carbons (Fsp3) is 0.179. The molecule has 0 atom stereocenters. The molecule has 0 aliphatic carbocycles. The Bertz CT molecular complexity index is 1520. The normalized spacial score (nSPS) is 11.0. The summed E-state index contributed by atoms with van der Waals surface area (Å²) < 4.78 is 87.9. The first-order valence-electron chi connectivity index (χ1n) is 11.9. The van der Waals surface area contributed by atoms with Crippen LogP contribution in [-0.2, 0) is 18.9 Å². The predicted molar refractivity (Wildman–Crippen MR) is 144 cm³/mol. The number of aromatic nitrogens is 2. The van der Waals surface area contributed by atoms with Crippen LogP contribution in [-0.4, -0.2) is 24.2 Å². The molecular weight excluding hydrogens is 566 g/mol. The second kappa shape index (κ2) is 13.6. The highest BCUT2D eigenvalue weighted by molar-refractivity contribution is 5.66. The molecule has 0 fully saturated rings. The average molecular weight is 591 g/mol. The minimum atomic E-state index is -4.52. The Labute approximate surface area is 236 Å². The Balaban J connectivity index is 0.000000230. The zero-order chi connectivity index (χ0) is 30.9. The van der Waals surface area contributed by atoms with Gasteiger partial charge in [0.2, 0.25) is 0 Å². The smallest absolute Gasteiger partial charge is 0.418 e. The van der Waals surface area contributed by atoms with E-state index in [2.05, 4.69) is 20.6 Å². The molecule has 2 aromatic carbocycles. The summed E-state index contributed by atoms with van der Waals surface area (Å²) in [6.07, 6.45) is -6.27. The summed E-state index contributed by atoms with van der Waals surface area (Å²) in [4.78, 5) is 7.81. The number of benzene rings is 2. The summed E-state index contributed by atoms with van der Waals surface area (Å²) in [5.41, 5.74) is 5.24. The molecule has 0 radical (unpaired) electrons. The SMILES string of the molecule is COc1ccc(Nc2ccc(C#N)nc2)c(C(F)(F)F)c1.COc1ccc(Nc2ccc(CN)nc2)c(C(F)(F)F)c1. The highest BCUT2D eigenvalue weighted by Crippen LogP contribution is 2.39. The van der Waals surface area contributed by atoms with Crippen molar-refractivity contribution in [3.05, 3.63) is 95.6 Å². The summed E-state index contributed by atoms with van der Waals surface area (Å²) in [6.45, 7) is 0.274.